The molecule has 1 aliphatic rings. The fourth-order valence-electron chi connectivity index (χ4n) is 2.00. The third kappa shape index (κ3) is 2.75. The van der Waals surface area contributed by atoms with Crippen molar-refractivity contribution in [3.63, 3.8) is 0 Å². The molecule has 22 heavy (non-hydrogen) atoms. The Balaban J connectivity index is 2.25. The van der Waals surface area contributed by atoms with Gasteiger partial charge < -0.3 is 14.4 Å². The number of benzene rings is 1. The number of rotatable bonds is 2. The molecular formula is C14H17BF4O3. The monoisotopic (exact) mass is 320 g/mol. The van der Waals surface area contributed by atoms with Crippen molar-refractivity contribution in [3.05, 3.63) is 29.8 Å². The summed E-state index contributed by atoms with van der Waals surface area (Å²) >= 11 is 0. The molecule has 0 spiro atoms. The van der Waals surface area contributed by atoms with Crippen molar-refractivity contribution in [3.8, 4) is 0 Å². The second-order valence-electron chi connectivity index (χ2n) is 6.33. The summed E-state index contributed by atoms with van der Waals surface area (Å²) < 4.78 is 62.3. The molecule has 2 rings (SSSR count). The molecule has 0 amide bonds. The van der Waals surface area contributed by atoms with Gasteiger partial charge in [0, 0.05) is 5.56 Å². The summed E-state index contributed by atoms with van der Waals surface area (Å²) in [5.41, 5.74) is -1.63. The molecular weight excluding hydrogens is 303 g/mol. The molecule has 0 aliphatic carbocycles. The van der Waals surface area contributed by atoms with Crippen molar-refractivity contribution in [2.45, 2.75) is 50.9 Å². The Hall–Kier alpha value is -1.12. The first-order valence-corrected chi connectivity index (χ1v) is 6.72. The highest BCUT2D eigenvalue weighted by Crippen LogP contribution is 2.40. The highest BCUT2D eigenvalue weighted by Gasteiger charge is 2.57. The molecule has 122 valence electrons. The van der Waals surface area contributed by atoms with Crippen molar-refractivity contribution in [2.24, 2.45) is 0 Å². The average molecular weight is 320 g/mol. The van der Waals surface area contributed by atoms with Crippen LogP contribution in [0.5, 0.6) is 0 Å². The fraction of sp³-hybridized carbons (Fsp3) is 0.571. The second kappa shape index (κ2) is 4.94. The largest absolute Gasteiger partial charge is 0.494 e. The zero-order valence-corrected chi connectivity index (χ0v) is 12.7. The van der Waals surface area contributed by atoms with Crippen LogP contribution in [0.2, 0.25) is 0 Å². The summed E-state index contributed by atoms with van der Waals surface area (Å²) in [7, 11) is -0.766. The van der Waals surface area contributed by atoms with Crippen molar-refractivity contribution < 1.29 is 32.0 Å². The molecule has 8 heteroatoms. The summed E-state index contributed by atoms with van der Waals surface area (Å²) in [4.78, 5) is 0. The van der Waals surface area contributed by atoms with Crippen LogP contribution in [0.1, 0.15) is 33.3 Å². The minimum absolute atomic E-state index is 0.445. The number of aliphatic hydroxyl groups is 1. The van der Waals surface area contributed by atoms with E-state index in [0.29, 0.717) is 5.46 Å². The van der Waals surface area contributed by atoms with Crippen LogP contribution < -0.4 is 5.46 Å². The minimum Gasteiger partial charge on any atom is -0.399 e. The quantitative estimate of drug-likeness (QED) is 0.673. The molecule has 1 unspecified atom stereocenters. The van der Waals surface area contributed by atoms with Gasteiger partial charge in [-0.3, -0.25) is 0 Å². The van der Waals surface area contributed by atoms with E-state index in [9.17, 15) is 17.6 Å². The molecule has 1 aromatic rings. The lowest BCUT2D eigenvalue weighted by atomic mass is 9.78. The van der Waals surface area contributed by atoms with E-state index >= 15 is 0 Å². The molecule has 1 saturated heterocycles. The van der Waals surface area contributed by atoms with Crippen LogP contribution in [0, 0.1) is 0 Å². The fourth-order valence-corrected chi connectivity index (χ4v) is 2.00. The van der Waals surface area contributed by atoms with E-state index in [-0.39, 0.29) is 0 Å². The Morgan fingerprint density at radius 1 is 0.909 bits per heavy atom. The predicted octanol–water partition coefficient (Wildman–Crippen LogP) is 2.66. The lowest BCUT2D eigenvalue weighted by Gasteiger charge is -2.32. The Kier molecular flexibility index (Phi) is 3.87. The van der Waals surface area contributed by atoms with Gasteiger partial charge in [-0.15, -0.1) is 0 Å². The van der Waals surface area contributed by atoms with Gasteiger partial charge >= 0.3 is 19.1 Å². The Bertz CT molecular complexity index is 536. The van der Waals surface area contributed by atoms with Gasteiger partial charge in [0.25, 0.3) is 0 Å². The van der Waals surface area contributed by atoms with Crippen LogP contribution in [-0.2, 0) is 15.2 Å². The van der Waals surface area contributed by atoms with Crippen LogP contribution >= 0.6 is 0 Å². The number of alkyl halides is 4. The highest BCUT2D eigenvalue weighted by molar-refractivity contribution is 6.62. The van der Waals surface area contributed by atoms with E-state index in [1.807, 2.05) is 27.7 Å². The summed E-state index contributed by atoms with van der Waals surface area (Å²) in [5.74, 6) is -4.39. The third-order valence-corrected chi connectivity index (χ3v) is 4.19. The van der Waals surface area contributed by atoms with E-state index < -0.39 is 35.9 Å². The zero-order chi connectivity index (χ0) is 17.0. The molecule has 1 N–H and O–H groups in total. The first kappa shape index (κ1) is 17.2. The van der Waals surface area contributed by atoms with E-state index in [2.05, 4.69) is 0 Å². The molecule has 1 atom stereocenters. The molecule has 0 bridgehead atoms. The zero-order valence-electron chi connectivity index (χ0n) is 12.7. The molecule has 0 saturated carbocycles. The number of hydrogen-bond acceptors (Lipinski definition) is 3. The van der Waals surface area contributed by atoms with Gasteiger partial charge in [-0.25, -0.2) is 0 Å². The van der Waals surface area contributed by atoms with Crippen LogP contribution in [0.4, 0.5) is 17.6 Å². The van der Waals surface area contributed by atoms with Crippen molar-refractivity contribution >= 4 is 12.6 Å². The van der Waals surface area contributed by atoms with Gasteiger partial charge in [0.05, 0.1) is 11.2 Å². The van der Waals surface area contributed by atoms with E-state index in [1.54, 1.807) is 0 Å². The van der Waals surface area contributed by atoms with Crippen LogP contribution in [0.15, 0.2) is 24.3 Å². The smallest absolute Gasteiger partial charge is 0.399 e. The molecule has 1 heterocycles. The highest BCUT2D eigenvalue weighted by atomic mass is 19.4. The van der Waals surface area contributed by atoms with Gasteiger partial charge in [0.1, 0.15) is 0 Å². The molecule has 0 radical (unpaired) electrons. The Labute approximate surface area is 126 Å². The van der Waals surface area contributed by atoms with Gasteiger partial charge in [-0.05, 0) is 33.2 Å². The summed E-state index contributed by atoms with van der Waals surface area (Å²) in [6.07, 6.45) is -5.40. The van der Waals surface area contributed by atoms with E-state index in [4.69, 9.17) is 14.4 Å². The van der Waals surface area contributed by atoms with Gasteiger partial charge in [-0.1, -0.05) is 24.3 Å². The third-order valence-electron chi connectivity index (χ3n) is 4.19. The predicted molar refractivity (Wildman–Crippen MR) is 73.2 cm³/mol. The standard InChI is InChI=1S/C14H17BF4O3/c1-11(2)12(3,4)22-15(21-11)10-7-5-9(6-8-10)13(16,20)14(17,18)19/h5-8,20H,1-4H3. The van der Waals surface area contributed by atoms with Crippen LogP contribution in [0.3, 0.4) is 0 Å². The first-order chi connectivity index (χ1) is 9.78. The lowest BCUT2D eigenvalue weighted by molar-refractivity contribution is -0.323. The summed E-state index contributed by atoms with van der Waals surface area (Å²) in [6, 6.07) is 4.23. The minimum atomic E-state index is -5.40. The van der Waals surface area contributed by atoms with E-state index in [1.165, 1.54) is 12.1 Å². The summed E-state index contributed by atoms with van der Waals surface area (Å²) in [5, 5.41) is 8.99. The Morgan fingerprint density at radius 2 is 1.32 bits per heavy atom. The maximum Gasteiger partial charge on any atom is 0.494 e. The maximum atomic E-state index is 13.5. The van der Waals surface area contributed by atoms with Crippen LogP contribution in [0.25, 0.3) is 0 Å². The van der Waals surface area contributed by atoms with Crippen molar-refractivity contribution in [1.29, 1.82) is 0 Å². The second-order valence-corrected chi connectivity index (χ2v) is 6.33. The normalized spacial score (nSPS) is 23.4. The topological polar surface area (TPSA) is 38.7 Å². The van der Waals surface area contributed by atoms with Crippen molar-refractivity contribution in [2.75, 3.05) is 0 Å². The average Bonchev–Trinajstić information content (AvgIpc) is 2.57. The molecule has 3 nitrogen and oxygen atoms in total. The van der Waals surface area contributed by atoms with Gasteiger partial charge in [-0.2, -0.15) is 17.6 Å². The molecule has 1 fully saturated rings. The summed E-state index contributed by atoms with van der Waals surface area (Å²) in [6.45, 7) is 7.35. The van der Waals surface area contributed by atoms with E-state index in [0.717, 1.165) is 12.1 Å². The SMILES string of the molecule is CC1(C)OB(c2ccc(C(O)(F)C(F)(F)F)cc2)OC1(C)C. The molecule has 0 aromatic heterocycles. The molecule has 1 aliphatic heterocycles. The van der Waals surface area contributed by atoms with Gasteiger partial charge in [0.15, 0.2) is 0 Å². The number of halogens is 4. The van der Waals surface area contributed by atoms with Crippen LogP contribution in [-0.4, -0.2) is 29.6 Å². The van der Waals surface area contributed by atoms with Gasteiger partial charge in [0.2, 0.25) is 0 Å². The number of hydrogen-bond donors (Lipinski definition) is 1. The van der Waals surface area contributed by atoms with Crippen molar-refractivity contribution in [1.82, 2.24) is 0 Å². The first-order valence-electron chi connectivity index (χ1n) is 6.72. The maximum absolute atomic E-state index is 13.5. The Morgan fingerprint density at radius 3 is 1.68 bits per heavy atom. The molecule has 1 aromatic carbocycles. The lowest BCUT2D eigenvalue weighted by Crippen LogP contribution is -2.41.